The van der Waals surface area contributed by atoms with Crippen LogP contribution in [0.15, 0.2) is 30.3 Å². The lowest BCUT2D eigenvalue weighted by Crippen LogP contribution is -2.26. The maximum absolute atomic E-state index is 14.1. The van der Waals surface area contributed by atoms with E-state index in [1.807, 2.05) is 6.07 Å². The van der Waals surface area contributed by atoms with E-state index in [1.165, 1.54) is 6.07 Å². The summed E-state index contributed by atoms with van der Waals surface area (Å²) >= 11 is 0. The number of hydrogen-bond acceptors (Lipinski definition) is 2. The molecular weight excluding hydrogens is 306 g/mol. The number of halogens is 2. The third-order valence-electron chi connectivity index (χ3n) is 4.43. The first-order valence-corrected chi connectivity index (χ1v) is 8.54. The van der Waals surface area contributed by atoms with E-state index in [2.05, 4.69) is 32.2 Å². The van der Waals surface area contributed by atoms with Crippen molar-refractivity contribution in [2.75, 3.05) is 5.32 Å². The monoisotopic (exact) mass is 330 g/mol. The third-order valence-corrected chi connectivity index (χ3v) is 4.43. The highest BCUT2D eigenvalue weighted by Gasteiger charge is 2.23. The molecule has 0 radical (unpaired) electrons. The molecule has 0 fully saturated rings. The van der Waals surface area contributed by atoms with Crippen LogP contribution in [0.25, 0.3) is 0 Å². The van der Waals surface area contributed by atoms with Gasteiger partial charge in [0.1, 0.15) is 5.82 Å². The summed E-state index contributed by atoms with van der Waals surface area (Å²) in [4.78, 5) is 4.75. The summed E-state index contributed by atoms with van der Waals surface area (Å²) in [6.07, 6.45) is 3.36. The number of nitrogens with zero attached hydrogens (tertiary/aromatic N) is 1. The molecule has 1 aliphatic carbocycles. The van der Waals surface area contributed by atoms with E-state index in [0.717, 1.165) is 36.3 Å². The summed E-state index contributed by atoms with van der Waals surface area (Å²) in [7, 11) is 0. The number of aryl methyl sites for hydroxylation is 1. The summed E-state index contributed by atoms with van der Waals surface area (Å²) < 4.78 is 27.7. The zero-order valence-electron chi connectivity index (χ0n) is 14.5. The lowest BCUT2D eigenvalue weighted by Gasteiger charge is -2.22. The highest BCUT2D eigenvalue weighted by Crippen LogP contribution is 2.33. The maximum atomic E-state index is 14.1. The zero-order chi connectivity index (χ0) is 17.3. The van der Waals surface area contributed by atoms with Crippen molar-refractivity contribution in [3.8, 4) is 0 Å². The fourth-order valence-corrected chi connectivity index (χ4v) is 3.37. The molecule has 0 unspecified atom stereocenters. The largest absolute Gasteiger partial charge is 0.365 e. The Kier molecular flexibility index (Phi) is 4.57. The van der Waals surface area contributed by atoms with Gasteiger partial charge in [-0.15, -0.1) is 0 Å². The molecule has 0 saturated heterocycles. The molecule has 3 rings (SSSR count). The minimum atomic E-state index is -0.764. The zero-order valence-corrected chi connectivity index (χ0v) is 14.5. The van der Waals surface area contributed by atoms with Crippen LogP contribution in [0.5, 0.6) is 0 Å². The number of fused-ring (bicyclic) bond motifs is 1. The van der Waals surface area contributed by atoms with E-state index in [-0.39, 0.29) is 11.5 Å². The van der Waals surface area contributed by atoms with E-state index in [4.69, 9.17) is 4.98 Å². The molecule has 1 aliphatic rings. The molecule has 24 heavy (non-hydrogen) atoms. The fraction of sp³-hybridized carbons (Fsp3) is 0.450. The number of benzene rings is 1. The van der Waals surface area contributed by atoms with E-state index in [0.29, 0.717) is 12.0 Å². The van der Waals surface area contributed by atoms with Crippen LogP contribution in [-0.2, 0) is 12.8 Å². The summed E-state index contributed by atoms with van der Waals surface area (Å²) in [5, 5.41) is 3.39. The van der Waals surface area contributed by atoms with Crippen LogP contribution in [0.4, 0.5) is 14.6 Å². The quantitative estimate of drug-likeness (QED) is 0.762. The lowest BCUT2D eigenvalue weighted by atomic mass is 9.90. The SMILES string of the molecule is CC(C)(C)Nc1ccc2c(n1)CCC[C@@H](c1cccc(F)c1F)C2. The van der Waals surface area contributed by atoms with Crippen LogP contribution < -0.4 is 5.32 Å². The molecule has 2 aromatic rings. The highest BCUT2D eigenvalue weighted by atomic mass is 19.2. The van der Waals surface area contributed by atoms with Crippen molar-refractivity contribution in [3.05, 3.63) is 58.8 Å². The number of aromatic nitrogens is 1. The number of rotatable bonds is 2. The molecule has 4 heteroatoms. The van der Waals surface area contributed by atoms with E-state index < -0.39 is 11.6 Å². The van der Waals surface area contributed by atoms with Crippen LogP contribution >= 0.6 is 0 Å². The van der Waals surface area contributed by atoms with Crippen molar-refractivity contribution >= 4 is 5.82 Å². The van der Waals surface area contributed by atoms with Gasteiger partial charge in [-0.2, -0.15) is 0 Å². The second-order valence-electron chi connectivity index (χ2n) is 7.61. The van der Waals surface area contributed by atoms with E-state index in [1.54, 1.807) is 12.1 Å². The first-order valence-electron chi connectivity index (χ1n) is 8.54. The predicted molar refractivity (Wildman–Crippen MR) is 93.4 cm³/mol. The number of hydrogen-bond donors (Lipinski definition) is 1. The molecule has 0 bridgehead atoms. The van der Waals surface area contributed by atoms with Crippen LogP contribution in [0.3, 0.4) is 0 Å². The Bertz CT molecular complexity index is 735. The lowest BCUT2D eigenvalue weighted by molar-refractivity contribution is 0.479. The fourth-order valence-electron chi connectivity index (χ4n) is 3.37. The van der Waals surface area contributed by atoms with Gasteiger partial charge in [-0.3, -0.25) is 0 Å². The van der Waals surface area contributed by atoms with Crippen molar-refractivity contribution in [1.29, 1.82) is 0 Å². The van der Waals surface area contributed by atoms with Crippen molar-refractivity contribution in [1.82, 2.24) is 4.98 Å². The number of nitrogens with one attached hydrogen (secondary N) is 1. The molecule has 0 saturated carbocycles. The summed E-state index contributed by atoms with van der Waals surface area (Å²) in [6, 6.07) is 8.53. The molecule has 1 N–H and O–H groups in total. The minimum Gasteiger partial charge on any atom is -0.365 e. The van der Waals surface area contributed by atoms with Crippen LogP contribution in [0.1, 0.15) is 56.4 Å². The number of pyridine rings is 1. The smallest absolute Gasteiger partial charge is 0.162 e. The standard InChI is InChI=1S/C20H24F2N2/c1-20(2,3)24-18-11-10-14-12-13(6-4-9-17(14)23-18)15-7-5-8-16(21)19(15)22/h5,7-8,10-11,13H,4,6,9,12H2,1-3H3,(H,23,24)/t13-/m1/s1. The average molecular weight is 330 g/mol. The van der Waals surface area contributed by atoms with Gasteiger partial charge in [-0.1, -0.05) is 18.2 Å². The molecule has 0 spiro atoms. The summed E-state index contributed by atoms with van der Waals surface area (Å²) in [6.45, 7) is 6.30. The molecule has 128 valence electrons. The summed E-state index contributed by atoms with van der Waals surface area (Å²) in [5.41, 5.74) is 2.66. The van der Waals surface area contributed by atoms with Gasteiger partial charge in [0.2, 0.25) is 0 Å². The Balaban J connectivity index is 1.87. The van der Waals surface area contributed by atoms with E-state index >= 15 is 0 Å². The van der Waals surface area contributed by atoms with Crippen LogP contribution in [0.2, 0.25) is 0 Å². The van der Waals surface area contributed by atoms with Gasteiger partial charge in [0.25, 0.3) is 0 Å². The van der Waals surface area contributed by atoms with Gasteiger partial charge in [0.15, 0.2) is 11.6 Å². The topological polar surface area (TPSA) is 24.9 Å². The second-order valence-corrected chi connectivity index (χ2v) is 7.61. The first-order chi connectivity index (χ1) is 11.3. The van der Waals surface area contributed by atoms with Crippen molar-refractivity contribution in [3.63, 3.8) is 0 Å². The number of anilines is 1. The second kappa shape index (κ2) is 6.50. The van der Waals surface area contributed by atoms with E-state index in [9.17, 15) is 8.78 Å². The van der Waals surface area contributed by atoms with Crippen LogP contribution in [-0.4, -0.2) is 10.5 Å². The summed E-state index contributed by atoms with van der Waals surface area (Å²) in [5.74, 6) is -0.591. The normalized spacial score (nSPS) is 18.0. The van der Waals surface area contributed by atoms with Crippen LogP contribution in [0, 0.1) is 11.6 Å². The van der Waals surface area contributed by atoms with Gasteiger partial charge in [0.05, 0.1) is 0 Å². The van der Waals surface area contributed by atoms with Crippen molar-refractivity contribution < 1.29 is 8.78 Å². The Morgan fingerprint density at radius 3 is 2.67 bits per heavy atom. The first kappa shape index (κ1) is 16.9. The van der Waals surface area contributed by atoms with Gasteiger partial charge in [-0.05, 0) is 75.6 Å². The molecule has 0 aliphatic heterocycles. The molecule has 1 aromatic heterocycles. The average Bonchev–Trinajstić information content (AvgIpc) is 2.70. The molecule has 1 aromatic carbocycles. The third kappa shape index (κ3) is 3.74. The molecule has 0 amide bonds. The van der Waals surface area contributed by atoms with Gasteiger partial charge in [0, 0.05) is 11.2 Å². The molecular formula is C20H24F2N2. The van der Waals surface area contributed by atoms with Crippen molar-refractivity contribution in [2.45, 2.75) is 57.9 Å². The Labute approximate surface area is 142 Å². The Morgan fingerprint density at radius 2 is 1.92 bits per heavy atom. The minimum absolute atomic E-state index is 0.00479. The van der Waals surface area contributed by atoms with Gasteiger partial charge >= 0.3 is 0 Å². The maximum Gasteiger partial charge on any atom is 0.162 e. The van der Waals surface area contributed by atoms with Crippen molar-refractivity contribution in [2.24, 2.45) is 0 Å². The molecule has 1 heterocycles. The molecule has 1 atom stereocenters. The van der Waals surface area contributed by atoms with Gasteiger partial charge < -0.3 is 5.32 Å². The predicted octanol–water partition coefficient (Wildman–Crippen LogP) is 5.23. The van der Waals surface area contributed by atoms with Gasteiger partial charge in [-0.25, -0.2) is 13.8 Å². The molecule has 2 nitrogen and oxygen atoms in total. The Morgan fingerprint density at radius 1 is 1.12 bits per heavy atom. The Hall–Kier alpha value is -1.97. The highest BCUT2D eigenvalue weighted by molar-refractivity contribution is 5.42.